The maximum Gasteiger partial charge on any atom is 0.335 e. The lowest BCUT2D eigenvalue weighted by Gasteiger charge is -2.06. The molecule has 1 aromatic rings. The number of carbonyl (C=O) groups is 1. The van der Waals surface area contributed by atoms with Crippen molar-refractivity contribution in [3.8, 4) is 5.75 Å². The van der Waals surface area contributed by atoms with Gasteiger partial charge in [-0.25, -0.2) is 9.79 Å². The van der Waals surface area contributed by atoms with Crippen LogP contribution in [0.3, 0.4) is 0 Å². The van der Waals surface area contributed by atoms with Crippen LogP contribution in [0.15, 0.2) is 41.4 Å². The highest BCUT2D eigenvalue weighted by molar-refractivity contribution is 5.95. The van der Waals surface area contributed by atoms with Crippen LogP contribution in [0.4, 0.5) is 0 Å². The molecule has 0 saturated heterocycles. The van der Waals surface area contributed by atoms with Gasteiger partial charge in [0.15, 0.2) is 0 Å². The topological polar surface area (TPSA) is 57.1 Å². The van der Waals surface area contributed by atoms with Gasteiger partial charge in [-0.3, -0.25) is 0 Å². The van der Waals surface area contributed by atoms with Gasteiger partial charge in [-0.15, -0.1) is 0 Å². The molecule has 1 unspecified atom stereocenters. The second-order valence-electron chi connectivity index (χ2n) is 4.34. The van der Waals surface area contributed by atoms with E-state index in [9.17, 15) is 4.79 Å². The summed E-state index contributed by atoms with van der Waals surface area (Å²) in [6, 6.07) is 7.40. The molecule has 5 heteroatoms. The minimum atomic E-state index is -0.610. The molecule has 0 spiro atoms. The van der Waals surface area contributed by atoms with Crippen molar-refractivity contribution in [3.05, 3.63) is 42.0 Å². The minimum absolute atomic E-state index is 0.224. The second kappa shape index (κ2) is 6.23. The zero-order valence-corrected chi connectivity index (χ0v) is 11.6. The van der Waals surface area contributed by atoms with Gasteiger partial charge in [-0.2, -0.15) is 0 Å². The van der Waals surface area contributed by atoms with Crippen LogP contribution in [0.1, 0.15) is 19.4 Å². The molecular weight excluding hydrogens is 258 g/mol. The van der Waals surface area contributed by atoms with E-state index in [2.05, 4.69) is 11.6 Å². The quantitative estimate of drug-likeness (QED) is 0.611. The third-order valence-corrected chi connectivity index (χ3v) is 2.63. The fourth-order valence-corrected chi connectivity index (χ4v) is 1.66. The summed E-state index contributed by atoms with van der Waals surface area (Å²) in [6.07, 6.45) is -0.610. The van der Waals surface area contributed by atoms with E-state index in [0.29, 0.717) is 18.1 Å². The van der Waals surface area contributed by atoms with Gasteiger partial charge in [0.1, 0.15) is 12.4 Å². The highest BCUT2D eigenvalue weighted by atomic mass is 16.6. The third-order valence-electron chi connectivity index (χ3n) is 2.63. The van der Waals surface area contributed by atoms with Crippen LogP contribution in [0.5, 0.6) is 5.75 Å². The van der Waals surface area contributed by atoms with E-state index < -0.39 is 12.2 Å². The van der Waals surface area contributed by atoms with Crippen LogP contribution in [-0.2, 0) is 14.3 Å². The largest absolute Gasteiger partial charge is 0.494 e. The number of ether oxygens (including phenoxy) is 3. The molecule has 1 aliphatic heterocycles. The molecule has 0 fully saturated rings. The summed E-state index contributed by atoms with van der Waals surface area (Å²) in [6.45, 7) is 7.89. The molecule has 106 valence electrons. The molecule has 1 aliphatic rings. The Labute approximate surface area is 117 Å². The second-order valence-corrected chi connectivity index (χ2v) is 4.34. The first-order chi connectivity index (χ1) is 9.60. The number of benzene rings is 1. The fraction of sp³-hybridized carbons (Fsp3) is 0.333. The van der Waals surface area contributed by atoms with Crippen molar-refractivity contribution in [2.75, 3.05) is 13.2 Å². The Hall–Kier alpha value is -2.30. The molecule has 0 aromatic heterocycles. The highest BCUT2D eigenvalue weighted by Gasteiger charge is 2.23. The Balaban J connectivity index is 2.02. The molecule has 0 aliphatic carbocycles. The molecule has 0 amide bonds. The smallest absolute Gasteiger partial charge is 0.335 e. The molecule has 5 nitrogen and oxygen atoms in total. The Morgan fingerprint density at radius 3 is 2.75 bits per heavy atom. The first kappa shape index (κ1) is 14.1. The zero-order valence-electron chi connectivity index (χ0n) is 11.6. The normalized spacial score (nSPS) is 17.1. The van der Waals surface area contributed by atoms with Gasteiger partial charge < -0.3 is 14.2 Å². The number of carbonyl (C=O) groups excluding carboxylic acids is 1. The van der Waals surface area contributed by atoms with Crippen LogP contribution in [0.25, 0.3) is 0 Å². The van der Waals surface area contributed by atoms with E-state index >= 15 is 0 Å². The lowest BCUT2D eigenvalue weighted by Crippen LogP contribution is -2.17. The van der Waals surface area contributed by atoms with E-state index in [4.69, 9.17) is 14.2 Å². The van der Waals surface area contributed by atoms with Gasteiger partial charge in [-0.1, -0.05) is 6.58 Å². The first-order valence-corrected chi connectivity index (χ1v) is 6.40. The Morgan fingerprint density at radius 1 is 1.45 bits per heavy atom. The molecular formula is C15H17NO4. The van der Waals surface area contributed by atoms with E-state index in [1.807, 2.05) is 31.2 Å². The minimum Gasteiger partial charge on any atom is -0.494 e. The van der Waals surface area contributed by atoms with E-state index in [0.717, 1.165) is 11.3 Å². The van der Waals surface area contributed by atoms with E-state index in [-0.39, 0.29) is 6.61 Å². The molecule has 1 aromatic carbocycles. The summed E-state index contributed by atoms with van der Waals surface area (Å²) in [5.41, 5.74) is 1.16. The zero-order chi connectivity index (χ0) is 14.5. The molecule has 0 N–H and O–H groups in total. The Kier molecular flexibility index (Phi) is 4.40. The summed E-state index contributed by atoms with van der Waals surface area (Å²) in [5.74, 6) is 0.794. The average Bonchev–Trinajstić information content (AvgIpc) is 2.88. The molecule has 2 rings (SSSR count). The number of aliphatic imine (C=N–C) groups is 1. The molecule has 0 saturated carbocycles. The predicted octanol–water partition coefficient (Wildman–Crippen LogP) is 2.31. The average molecular weight is 275 g/mol. The van der Waals surface area contributed by atoms with Crippen molar-refractivity contribution in [2.24, 2.45) is 4.99 Å². The number of nitrogens with zero attached hydrogens (tertiary/aromatic N) is 1. The maximum atomic E-state index is 11.4. The van der Waals surface area contributed by atoms with Gasteiger partial charge >= 0.3 is 5.97 Å². The summed E-state index contributed by atoms with van der Waals surface area (Å²) >= 11 is 0. The van der Waals surface area contributed by atoms with Crippen molar-refractivity contribution < 1.29 is 19.0 Å². The lowest BCUT2D eigenvalue weighted by molar-refractivity contribution is -0.144. The monoisotopic (exact) mass is 275 g/mol. The summed E-state index contributed by atoms with van der Waals surface area (Å²) < 4.78 is 15.9. The fourth-order valence-electron chi connectivity index (χ4n) is 1.66. The van der Waals surface area contributed by atoms with Gasteiger partial charge in [0.2, 0.25) is 12.1 Å². The van der Waals surface area contributed by atoms with Gasteiger partial charge in [-0.05, 0) is 38.1 Å². The SMILES string of the molecule is C=C(C)C(=O)OC1COC(c2ccc(OCC)cc2)=N1. The molecule has 0 radical (unpaired) electrons. The molecule has 1 atom stereocenters. The van der Waals surface area contributed by atoms with Crippen LogP contribution < -0.4 is 4.74 Å². The maximum absolute atomic E-state index is 11.4. The van der Waals surface area contributed by atoms with Crippen molar-refractivity contribution >= 4 is 11.9 Å². The number of rotatable bonds is 5. The Morgan fingerprint density at radius 2 is 2.15 bits per heavy atom. The number of hydrogen-bond donors (Lipinski definition) is 0. The standard InChI is InChI=1S/C15H17NO4/c1-4-18-12-7-5-11(6-8-12)14-16-13(9-19-14)20-15(17)10(2)3/h5-8,13H,2,4,9H2,1,3H3. The first-order valence-electron chi connectivity index (χ1n) is 6.40. The van der Waals surface area contributed by atoms with Crippen LogP contribution >= 0.6 is 0 Å². The summed E-state index contributed by atoms with van der Waals surface area (Å²) in [7, 11) is 0. The predicted molar refractivity (Wildman–Crippen MR) is 74.8 cm³/mol. The number of esters is 1. The van der Waals surface area contributed by atoms with E-state index in [1.165, 1.54) is 0 Å². The van der Waals surface area contributed by atoms with Gasteiger partial charge in [0.25, 0.3) is 0 Å². The van der Waals surface area contributed by atoms with Crippen LogP contribution in [0.2, 0.25) is 0 Å². The van der Waals surface area contributed by atoms with Crippen LogP contribution in [-0.4, -0.2) is 31.3 Å². The summed E-state index contributed by atoms with van der Waals surface area (Å²) in [5, 5.41) is 0. The van der Waals surface area contributed by atoms with E-state index in [1.54, 1.807) is 6.92 Å². The van der Waals surface area contributed by atoms with Crippen molar-refractivity contribution in [1.29, 1.82) is 0 Å². The van der Waals surface area contributed by atoms with Crippen molar-refractivity contribution in [1.82, 2.24) is 0 Å². The Bertz CT molecular complexity index is 533. The van der Waals surface area contributed by atoms with Crippen molar-refractivity contribution in [3.63, 3.8) is 0 Å². The summed E-state index contributed by atoms with van der Waals surface area (Å²) in [4.78, 5) is 15.6. The molecule has 20 heavy (non-hydrogen) atoms. The third kappa shape index (κ3) is 3.38. The number of hydrogen-bond acceptors (Lipinski definition) is 5. The molecule has 1 heterocycles. The van der Waals surface area contributed by atoms with Crippen molar-refractivity contribution in [2.45, 2.75) is 20.1 Å². The van der Waals surface area contributed by atoms with Gasteiger partial charge in [0, 0.05) is 11.1 Å². The lowest BCUT2D eigenvalue weighted by atomic mass is 10.2. The van der Waals surface area contributed by atoms with Gasteiger partial charge in [0.05, 0.1) is 6.61 Å². The highest BCUT2D eigenvalue weighted by Crippen LogP contribution is 2.17. The molecule has 0 bridgehead atoms. The van der Waals surface area contributed by atoms with Crippen LogP contribution in [0, 0.1) is 0 Å².